The smallest absolute Gasteiger partial charge is 0.210 e. The van der Waals surface area contributed by atoms with Gasteiger partial charge in [0.05, 0.1) is 0 Å². The average molecular weight is 378 g/mol. The normalized spacial score (nSPS) is 11.8. The molecule has 2 aromatic rings. The number of thiophene rings is 1. The zero-order chi connectivity index (χ0) is 14.8. The second kappa shape index (κ2) is 6.34. The van der Waals surface area contributed by atoms with Gasteiger partial charge in [0.15, 0.2) is 0 Å². The molecule has 0 saturated heterocycles. The number of nitrogens with one attached hydrogen (secondary N) is 1. The molecule has 0 aliphatic rings. The minimum atomic E-state index is -3.49. The Morgan fingerprint density at radius 1 is 1.35 bits per heavy atom. The van der Waals surface area contributed by atoms with Crippen molar-refractivity contribution < 1.29 is 12.8 Å². The van der Waals surface area contributed by atoms with E-state index >= 15 is 0 Å². The van der Waals surface area contributed by atoms with Crippen LogP contribution in [0, 0.1) is 12.7 Å². The van der Waals surface area contributed by atoms with Gasteiger partial charge in [-0.05, 0) is 64.0 Å². The Kier molecular flexibility index (Phi) is 4.95. The van der Waals surface area contributed by atoms with Crippen LogP contribution in [-0.2, 0) is 16.4 Å². The van der Waals surface area contributed by atoms with Crippen LogP contribution in [0.2, 0.25) is 0 Å². The molecule has 0 spiro atoms. The van der Waals surface area contributed by atoms with Crippen LogP contribution >= 0.6 is 27.3 Å². The van der Waals surface area contributed by atoms with Gasteiger partial charge in [0.2, 0.25) is 0 Å². The fourth-order valence-electron chi connectivity index (χ4n) is 1.80. The molecule has 0 aliphatic heterocycles. The van der Waals surface area contributed by atoms with Gasteiger partial charge in [0.1, 0.15) is 10.0 Å². The molecule has 0 unspecified atom stereocenters. The standard InChI is InChI=1S/C13H13BrFNO2S2/c1-9-8-11(15)3-2-10(9)4-6-16-20(17,18)13-12(14)5-7-19-13/h2-3,5,7-8,16H,4,6H2,1H3. The summed E-state index contributed by atoms with van der Waals surface area (Å²) in [4.78, 5) is 0. The molecule has 108 valence electrons. The summed E-state index contributed by atoms with van der Waals surface area (Å²) in [5.41, 5.74) is 1.75. The van der Waals surface area contributed by atoms with E-state index in [0.29, 0.717) is 10.9 Å². The van der Waals surface area contributed by atoms with Crippen molar-refractivity contribution in [3.63, 3.8) is 0 Å². The fraction of sp³-hybridized carbons (Fsp3) is 0.231. The number of aryl methyl sites for hydroxylation is 1. The zero-order valence-electron chi connectivity index (χ0n) is 10.7. The third kappa shape index (κ3) is 3.66. The molecule has 3 nitrogen and oxygen atoms in total. The highest BCUT2D eigenvalue weighted by Gasteiger charge is 2.18. The monoisotopic (exact) mass is 377 g/mol. The van der Waals surface area contributed by atoms with Gasteiger partial charge in [-0.1, -0.05) is 6.07 Å². The van der Waals surface area contributed by atoms with Crippen LogP contribution < -0.4 is 4.72 Å². The van der Waals surface area contributed by atoms with Gasteiger partial charge in [0, 0.05) is 11.0 Å². The second-order valence-electron chi connectivity index (χ2n) is 4.27. The highest BCUT2D eigenvalue weighted by molar-refractivity contribution is 9.10. The molecule has 1 heterocycles. The van der Waals surface area contributed by atoms with Gasteiger partial charge in [-0.3, -0.25) is 0 Å². The first-order valence-corrected chi connectivity index (χ1v) is 9.03. The molecule has 0 aliphatic carbocycles. The summed E-state index contributed by atoms with van der Waals surface area (Å²) in [7, 11) is -3.49. The molecule has 7 heteroatoms. The predicted molar refractivity (Wildman–Crippen MR) is 82.0 cm³/mol. The Hall–Kier alpha value is -0.760. The first kappa shape index (κ1) is 15.6. The Morgan fingerprint density at radius 2 is 2.10 bits per heavy atom. The highest BCUT2D eigenvalue weighted by Crippen LogP contribution is 2.27. The summed E-state index contributed by atoms with van der Waals surface area (Å²) < 4.78 is 40.5. The summed E-state index contributed by atoms with van der Waals surface area (Å²) in [6.45, 7) is 2.09. The number of halogens is 2. The van der Waals surface area contributed by atoms with Crippen molar-refractivity contribution in [1.82, 2.24) is 4.72 Å². The quantitative estimate of drug-likeness (QED) is 0.866. The minimum Gasteiger partial charge on any atom is -0.210 e. The van der Waals surface area contributed by atoms with Crippen molar-refractivity contribution >= 4 is 37.3 Å². The number of rotatable bonds is 5. The van der Waals surface area contributed by atoms with Crippen molar-refractivity contribution in [1.29, 1.82) is 0 Å². The van der Waals surface area contributed by atoms with Crippen LogP contribution in [0.15, 0.2) is 38.3 Å². The molecule has 1 aromatic heterocycles. The van der Waals surface area contributed by atoms with E-state index in [1.807, 2.05) is 6.92 Å². The third-order valence-corrected chi connectivity index (χ3v) is 6.95. The first-order chi connectivity index (χ1) is 9.40. The summed E-state index contributed by atoms with van der Waals surface area (Å²) in [6, 6.07) is 6.20. The predicted octanol–water partition coefficient (Wildman–Crippen LogP) is 3.48. The van der Waals surface area contributed by atoms with Gasteiger partial charge in [-0.25, -0.2) is 17.5 Å². The van der Waals surface area contributed by atoms with Crippen molar-refractivity contribution in [2.75, 3.05) is 6.54 Å². The zero-order valence-corrected chi connectivity index (χ0v) is 13.9. The molecule has 0 saturated carbocycles. The van der Waals surface area contributed by atoms with Gasteiger partial charge >= 0.3 is 0 Å². The molecule has 0 fully saturated rings. The van der Waals surface area contributed by atoms with E-state index in [0.717, 1.165) is 22.5 Å². The van der Waals surface area contributed by atoms with Gasteiger partial charge in [-0.15, -0.1) is 11.3 Å². The van der Waals surface area contributed by atoms with E-state index in [1.165, 1.54) is 12.1 Å². The highest BCUT2D eigenvalue weighted by atomic mass is 79.9. The Labute approximate surface area is 130 Å². The van der Waals surface area contributed by atoms with E-state index in [9.17, 15) is 12.8 Å². The van der Waals surface area contributed by atoms with Crippen molar-refractivity contribution in [3.8, 4) is 0 Å². The van der Waals surface area contributed by atoms with E-state index in [1.54, 1.807) is 17.5 Å². The first-order valence-electron chi connectivity index (χ1n) is 5.88. The number of hydrogen-bond donors (Lipinski definition) is 1. The van der Waals surface area contributed by atoms with Crippen LogP contribution in [0.25, 0.3) is 0 Å². The summed E-state index contributed by atoms with van der Waals surface area (Å²) in [5.74, 6) is -0.283. The molecular formula is C13H13BrFNO2S2. The Morgan fingerprint density at radius 3 is 2.70 bits per heavy atom. The molecule has 0 atom stereocenters. The van der Waals surface area contributed by atoms with E-state index in [2.05, 4.69) is 20.7 Å². The maximum absolute atomic E-state index is 13.0. The SMILES string of the molecule is Cc1cc(F)ccc1CCNS(=O)(=O)c1sccc1Br. The van der Waals surface area contributed by atoms with Gasteiger partial charge in [-0.2, -0.15) is 0 Å². The van der Waals surface area contributed by atoms with Gasteiger partial charge < -0.3 is 0 Å². The van der Waals surface area contributed by atoms with Crippen LogP contribution in [0.3, 0.4) is 0 Å². The number of hydrogen-bond acceptors (Lipinski definition) is 3. The number of benzene rings is 1. The number of sulfonamides is 1. The molecule has 1 aromatic carbocycles. The third-order valence-electron chi connectivity index (χ3n) is 2.82. The van der Waals surface area contributed by atoms with E-state index in [4.69, 9.17) is 0 Å². The summed E-state index contributed by atoms with van der Waals surface area (Å²) in [5, 5.41) is 1.71. The lowest BCUT2D eigenvalue weighted by Gasteiger charge is -2.08. The fourth-order valence-corrected chi connectivity index (χ4v) is 5.21. The molecule has 1 N–H and O–H groups in total. The maximum Gasteiger partial charge on any atom is 0.251 e. The summed E-state index contributed by atoms with van der Waals surface area (Å²) >= 11 is 4.37. The maximum atomic E-state index is 13.0. The summed E-state index contributed by atoms with van der Waals surface area (Å²) in [6.07, 6.45) is 0.522. The van der Waals surface area contributed by atoms with Crippen LogP contribution in [0.1, 0.15) is 11.1 Å². The lowest BCUT2D eigenvalue weighted by atomic mass is 10.1. The molecule has 2 rings (SSSR count). The lowest BCUT2D eigenvalue weighted by Crippen LogP contribution is -2.25. The van der Waals surface area contributed by atoms with Crippen molar-refractivity contribution in [2.45, 2.75) is 17.6 Å². The second-order valence-corrected chi connectivity index (χ2v) is 8.01. The lowest BCUT2D eigenvalue weighted by molar-refractivity contribution is 0.583. The molecular weight excluding hydrogens is 365 g/mol. The van der Waals surface area contributed by atoms with Gasteiger partial charge in [0.25, 0.3) is 10.0 Å². The van der Waals surface area contributed by atoms with Crippen LogP contribution in [0.4, 0.5) is 4.39 Å². The van der Waals surface area contributed by atoms with E-state index in [-0.39, 0.29) is 16.6 Å². The minimum absolute atomic E-state index is 0.272. The average Bonchev–Trinajstić information content (AvgIpc) is 2.79. The molecule has 0 bridgehead atoms. The Balaban J connectivity index is 2.01. The molecule has 20 heavy (non-hydrogen) atoms. The topological polar surface area (TPSA) is 46.2 Å². The Bertz CT molecular complexity index is 713. The van der Waals surface area contributed by atoms with E-state index < -0.39 is 10.0 Å². The largest absolute Gasteiger partial charge is 0.251 e. The molecule has 0 amide bonds. The molecule has 0 radical (unpaired) electrons. The van der Waals surface area contributed by atoms with Crippen molar-refractivity contribution in [3.05, 3.63) is 51.1 Å². The van der Waals surface area contributed by atoms with Crippen molar-refractivity contribution in [2.24, 2.45) is 0 Å². The van der Waals surface area contributed by atoms with Crippen LogP contribution in [0.5, 0.6) is 0 Å². The van der Waals surface area contributed by atoms with Crippen LogP contribution in [-0.4, -0.2) is 15.0 Å².